The fraction of sp³-hybridized carbons (Fsp3) is 0.500. The van der Waals surface area contributed by atoms with Gasteiger partial charge in [0.15, 0.2) is 0 Å². The van der Waals surface area contributed by atoms with Gasteiger partial charge in [0.2, 0.25) is 20.0 Å². The molecule has 0 spiro atoms. The Kier molecular flexibility index (Phi) is 6.13. The summed E-state index contributed by atoms with van der Waals surface area (Å²) in [7, 11) is -5.84. The molecule has 1 aromatic carbocycles. The smallest absolute Gasteiger partial charge is 0.246 e. The van der Waals surface area contributed by atoms with Gasteiger partial charge < -0.3 is 0 Å². The van der Waals surface area contributed by atoms with Crippen molar-refractivity contribution in [1.29, 1.82) is 0 Å². The van der Waals surface area contributed by atoms with Crippen molar-refractivity contribution in [2.75, 3.05) is 26.2 Å². The van der Waals surface area contributed by atoms with Crippen molar-refractivity contribution in [1.82, 2.24) is 18.4 Å². The van der Waals surface area contributed by atoms with Crippen LogP contribution in [-0.2, 0) is 27.1 Å². The molecule has 29 heavy (non-hydrogen) atoms. The van der Waals surface area contributed by atoms with Crippen LogP contribution >= 0.6 is 11.6 Å². The van der Waals surface area contributed by atoms with Gasteiger partial charge in [-0.05, 0) is 44.9 Å². The predicted molar refractivity (Wildman–Crippen MR) is 111 cm³/mol. The molecule has 1 aliphatic heterocycles. The van der Waals surface area contributed by atoms with E-state index in [2.05, 4.69) is 5.10 Å². The van der Waals surface area contributed by atoms with Gasteiger partial charge in [-0.2, -0.15) is 13.7 Å². The summed E-state index contributed by atoms with van der Waals surface area (Å²) < 4.78 is 56.9. The average molecular weight is 461 g/mol. The second-order valence-corrected chi connectivity index (χ2v) is 11.4. The van der Waals surface area contributed by atoms with E-state index < -0.39 is 20.0 Å². The molecule has 1 saturated heterocycles. The van der Waals surface area contributed by atoms with Crippen molar-refractivity contribution in [3.8, 4) is 0 Å². The molecular formula is C18H25ClN4O4S2. The van der Waals surface area contributed by atoms with E-state index in [9.17, 15) is 16.8 Å². The van der Waals surface area contributed by atoms with Crippen molar-refractivity contribution in [2.24, 2.45) is 7.05 Å². The maximum Gasteiger partial charge on any atom is 0.246 e. The fourth-order valence-electron chi connectivity index (χ4n) is 3.60. The Morgan fingerprint density at radius 1 is 0.931 bits per heavy atom. The summed E-state index contributed by atoms with van der Waals surface area (Å²) in [5.41, 5.74) is 1.60. The number of hydrogen-bond acceptors (Lipinski definition) is 5. The van der Waals surface area contributed by atoms with E-state index >= 15 is 0 Å². The molecule has 0 saturated carbocycles. The first kappa shape index (κ1) is 22.2. The van der Waals surface area contributed by atoms with E-state index in [0.717, 1.165) is 0 Å². The third-order valence-corrected chi connectivity index (χ3v) is 9.65. The number of rotatable bonds is 4. The molecule has 0 N–H and O–H groups in total. The zero-order valence-electron chi connectivity index (χ0n) is 16.9. The molecule has 1 aromatic heterocycles. The Labute approximate surface area is 177 Å². The van der Waals surface area contributed by atoms with Gasteiger partial charge in [-0.15, -0.1) is 0 Å². The summed E-state index contributed by atoms with van der Waals surface area (Å²) in [6, 6.07) is 4.75. The zero-order chi connectivity index (χ0) is 21.6. The summed E-state index contributed by atoms with van der Waals surface area (Å²) in [4.78, 5) is 0.349. The van der Waals surface area contributed by atoms with E-state index in [0.29, 0.717) is 28.4 Å². The molecule has 0 amide bonds. The minimum atomic E-state index is -3.77. The molecule has 0 atom stereocenters. The lowest BCUT2D eigenvalue weighted by Crippen LogP contribution is -2.37. The van der Waals surface area contributed by atoms with Crippen LogP contribution in [0.3, 0.4) is 0 Å². The van der Waals surface area contributed by atoms with Gasteiger partial charge in [0, 0.05) is 38.2 Å². The minimum absolute atomic E-state index is 0.0753. The normalized spacial score (nSPS) is 17.4. The van der Waals surface area contributed by atoms with E-state index in [1.54, 1.807) is 44.6 Å². The Balaban J connectivity index is 1.88. The van der Waals surface area contributed by atoms with Gasteiger partial charge in [-0.3, -0.25) is 4.68 Å². The van der Waals surface area contributed by atoms with Gasteiger partial charge in [-0.1, -0.05) is 17.7 Å². The summed E-state index contributed by atoms with van der Waals surface area (Å²) in [5.74, 6) is 0. The average Bonchev–Trinajstić information content (AvgIpc) is 2.82. The quantitative estimate of drug-likeness (QED) is 0.696. The number of sulfonamides is 2. The number of nitrogens with zero attached hydrogens (tertiary/aromatic N) is 4. The largest absolute Gasteiger partial charge is 0.271 e. The van der Waals surface area contributed by atoms with Crippen molar-refractivity contribution in [3.63, 3.8) is 0 Å². The Hall–Kier alpha value is -1.46. The molecule has 1 fully saturated rings. The van der Waals surface area contributed by atoms with Gasteiger partial charge in [-0.25, -0.2) is 16.8 Å². The lowest BCUT2D eigenvalue weighted by atomic mass is 10.2. The van der Waals surface area contributed by atoms with Crippen LogP contribution in [0.5, 0.6) is 0 Å². The summed E-state index contributed by atoms with van der Waals surface area (Å²) in [5, 5.41) is 4.54. The highest BCUT2D eigenvalue weighted by Crippen LogP contribution is 2.27. The van der Waals surface area contributed by atoms with Crippen LogP contribution in [0.2, 0.25) is 5.02 Å². The molecule has 0 aliphatic carbocycles. The highest BCUT2D eigenvalue weighted by atomic mass is 35.5. The van der Waals surface area contributed by atoms with E-state index in [-0.39, 0.29) is 36.0 Å². The van der Waals surface area contributed by atoms with Crippen LogP contribution < -0.4 is 0 Å². The van der Waals surface area contributed by atoms with Crippen molar-refractivity contribution < 1.29 is 16.8 Å². The third kappa shape index (κ3) is 4.09. The SMILES string of the molecule is Cc1ccc(Cl)cc1S(=O)(=O)N1CCCN(S(=O)(=O)c2c(C)nn(C)c2C)CC1. The molecule has 11 heteroatoms. The third-order valence-electron chi connectivity index (χ3n) is 5.22. The monoisotopic (exact) mass is 460 g/mol. The molecule has 2 aromatic rings. The first-order chi connectivity index (χ1) is 13.5. The second kappa shape index (κ2) is 7.99. The zero-order valence-corrected chi connectivity index (χ0v) is 19.3. The number of benzene rings is 1. The molecule has 8 nitrogen and oxygen atoms in total. The topological polar surface area (TPSA) is 92.6 Å². The van der Waals surface area contributed by atoms with Crippen LogP contribution in [0.1, 0.15) is 23.4 Å². The maximum absolute atomic E-state index is 13.2. The number of hydrogen-bond donors (Lipinski definition) is 0. The van der Waals surface area contributed by atoms with Crippen LogP contribution in [0.4, 0.5) is 0 Å². The molecular weight excluding hydrogens is 436 g/mol. The van der Waals surface area contributed by atoms with Gasteiger partial charge >= 0.3 is 0 Å². The molecule has 0 unspecified atom stereocenters. The van der Waals surface area contributed by atoms with E-state index in [1.165, 1.54) is 14.7 Å². The van der Waals surface area contributed by atoms with Crippen molar-refractivity contribution >= 4 is 31.6 Å². The number of aryl methyl sites for hydroxylation is 3. The fourth-order valence-corrected chi connectivity index (χ4v) is 7.42. The Bertz CT molecular complexity index is 1140. The standard InChI is InChI=1S/C18H25ClN4O4S2/c1-13-6-7-16(19)12-17(13)28(24,25)22-8-5-9-23(11-10-22)29(26,27)18-14(2)20-21(4)15(18)3/h6-7,12H,5,8-11H2,1-4H3. The Morgan fingerprint density at radius 2 is 1.52 bits per heavy atom. The number of halogens is 1. The number of aromatic nitrogens is 2. The Morgan fingerprint density at radius 3 is 2.07 bits per heavy atom. The summed E-state index contributed by atoms with van der Waals surface area (Å²) >= 11 is 6.00. The minimum Gasteiger partial charge on any atom is -0.271 e. The molecule has 160 valence electrons. The first-order valence-corrected chi connectivity index (χ1v) is 12.5. The van der Waals surface area contributed by atoms with Crippen LogP contribution in [-0.4, -0.2) is 61.4 Å². The lowest BCUT2D eigenvalue weighted by Gasteiger charge is -2.22. The van der Waals surface area contributed by atoms with Gasteiger partial charge in [0.05, 0.1) is 16.3 Å². The van der Waals surface area contributed by atoms with E-state index in [1.807, 2.05) is 0 Å². The highest BCUT2D eigenvalue weighted by Gasteiger charge is 2.34. The van der Waals surface area contributed by atoms with Crippen LogP contribution in [0, 0.1) is 20.8 Å². The maximum atomic E-state index is 13.2. The van der Waals surface area contributed by atoms with Crippen LogP contribution in [0.15, 0.2) is 28.0 Å². The van der Waals surface area contributed by atoms with Crippen molar-refractivity contribution in [3.05, 3.63) is 40.2 Å². The van der Waals surface area contributed by atoms with E-state index in [4.69, 9.17) is 11.6 Å². The first-order valence-electron chi connectivity index (χ1n) is 9.23. The predicted octanol–water partition coefficient (Wildman–Crippen LogP) is 2.08. The summed E-state index contributed by atoms with van der Waals surface area (Å²) in [6.07, 6.45) is 0.399. The molecule has 1 aliphatic rings. The van der Waals surface area contributed by atoms with Gasteiger partial charge in [0.1, 0.15) is 4.90 Å². The summed E-state index contributed by atoms with van der Waals surface area (Å²) in [6.45, 7) is 5.73. The van der Waals surface area contributed by atoms with Crippen molar-refractivity contribution in [2.45, 2.75) is 37.0 Å². The molecule has 0 radical (unpaired) electrons. The molecule has 0 bridgehead atoms. The highest BCUT2D eigenvalue weighted by molar-refractivity contribution is 7.89. The second-order valence-electron chi connectivity index (χ2n) is 7.20. The van der Waals surface area contributed by atoms with Crippen LogP contribution in [0.25, 0.3) is 0 Å². The molecule has 3 rings (SSSR count). The molecule has 2 heterocycles. The lowest BCUT2D eigenvalue weighted by molar-refractivity contribution is 0.404. The van der Waals surface area contributed by atoms with Gasteiger partial charge in [0.25, 0.3) is 0 Å².